The molecule has 1 aromatic rings. The average Bonchev–Trinajstić information content (AvgIpc) is 2.30. The fourth-order valence-electron chi connectivity index (χ4n) is 1.66. The molecule has 0 aromatic heterocycles. The van der Waals surface area contributed by atoms with Gasteiger partial charge in [-0.25, -0.2) is 4.39 Å². The first-order chi connectivity index (χ1) is 8.38. The first-order valence-electron chi connectivity index (χ1n) is 5.83. The summed E-state index contributed by atoms with van der Waals surface area (Å²) in [5.74, 6) is -2.11. The highest BCUT2D eigenvalue weighted by atomic mass is 19.2. The van der Waals surface area contributed by atoms with Crippen molar-refractivity contribution in [1.82, 2.24) is 5.32 Å². The molecule has 0 saturated heterocycles. The zero-order chi connectivity index (χ0) is 13.8. The lowest BCUT2D eigenvalue weighted by Crippen LogP contribution is -2.53. The van der Waals surface area contributed by atoms with Gasteiger partial charge in [-0.2, -0.15) is 4.39 Å². The number of aliphatic hydroxyl groups excluding tert-OH is 1. The topological polar surface area (TPSA) is 41.5 Å². The molecule has 1 rings (SSSR count). The highest BCUT2D eigenvalue weighted by molar-refractivity contribution is 5.25. The third kappa shape index (κ3) is 3.92. The molecule has 5 heteroatoms. The van der Waals surface area contributed by atoms with E-state index in [1.165, 1.54) is 12.1 Å². The minimum atomic E-state index is -1.01. The van der Waals surface area contributed by atoms with Gasteiger partial charge in [0.1, 0.15) is 6.61 Å². The van der Waals surface area contributed by atoms with Gasteiger partial charge in [0.15, 0.2) is 11.6 Å². The zero-order valence-corrected chi connectivity index (χ0v) is 10.8. The number of nitrogens with one attached hydrogen (secondary N) is 1. The fraction of sp³-hybridized carbons (Fsp3) is 0.538. The van der Waals surface area contributed by atoms with Crippen molar-refractivity contribution < 1.29 is 18.6 Å². The van der Waals surface area contributed by atoms with Crippen LogP contribution in [0.2, 0.25) is 0 Å². The molecule has 0 bridgehead atoms. The highest BCUT2D eigenvalue weighted by Crippen LogP contribution is 2.20. The van der Waals surface area contributed by atoms with Crippen molar-refractivity contribution in [2.75, 3.05) is 13.2 Å². The lowest BCUT2D eigenvalue weighted by molar-refractivity contribution is 0.106. The van der Waals surface area contributed by atoms with Gasteiger partial charge >= 0.3 is 0 Å². The molecule has 0 aliphatic heterocycles. The number of benzene rings is 1. The molecular formula is C13H19F2NO2. The molecule has 0 fully saturated rings. The standard InChI is InChI=1S/C13H19F2NO2/c1-9(2)16-13(3,7-17)8-18-11-6-4-5-10(14)12(11)15/h4-6,9,16-17H,7-8H2,1-3H3. The van der Waals surface area contributed by atoms with E-state index in [0.717, 1.165) is 6.07 Å². The van der Waals surface area contributed by atoms with Crippen LogP contribution in [0.15, 0.2) is 18.2 Å². The van der Waals surface area contributed by atoms with Crippen molar-refractivity contribution >= 4 is 0 Å². The van der Waals surface area contributed by atoms with Crippen LogP contribution in [-0.4, -0.2) is 29.9 Å². The van der Waals surface area contributed by atoms with Gasteiger partial charge in [0, 0.05) is 6.04 Å². The summed E-state index contributed by atoms with van der Waals surface area (Å²) in [4.78, 5) is 0. The normalized spacial score (nSPS) is 14.6. The highest BCUT2D eigenvalue weighted by Gasteiger charge is 2.25. The summed E-state index contributed by atoms with van der Waals surface area (Å²) in [6.45, 7) is 5.49. The van der Waals surface area contributed by atoms with Crippen molar-refractivity contribution in [2.45, 2.75) is 32.4 Å². The van der Waals surface area contributed by atoms with E-state index in [1.54, 1.807) is 6.92 Å². The molecule has 0 heterocycles. The first-order valence-corrected chi connectivity index (χ1v) is 5.83. The Kier molecular flexibility index (Phi) is 5.04. The summed E-state index contributed by atoms with van der Waals surface area (Å²) in [5.41, 5.74) is -0.701. The zero-order valence-electron chi connectivity index (χ0n) is 10.8. The van der Waals surface area contributed by atoms with E-state index in [2.05, 4.69) is 5.32 Å². The number of aliphatic hydroxyl groups is 1. The summed E-state index contributed by atoms with van der Waals surface area (Å²) >= 11 is 0. The van der Waals surface area contributed by atoms with E-state index in [4.69, 9.17) is 4.74 Å². The molecule has 0 saturated carbocycles. The smallest absolute Gasteiger partial charge is 0.200 e. The molecule has 0 amide bonds. The summed E-state index contributed by atoms with van der Waals surface area (Å²) in [6, 6.07) is 3.90. The Morgan fingerprint density at radius 1 is 1.39 bits per heavy atom. The second-order valence-corrected chi connectivity index (χ2v) is 4.86. The van der Waals surface area contributed by atoms with Gasteiger partial charge in [-0.05, 0) is 19.1 Å². The van der Waals surface area contributed by atoms with E-state index in [1.807, 2.05) is 13.8 Å². The summed E-state index contributed by atoms with van der Waals surface area (Å²) in [5, 5.41) is 12.4. The quantitative estimate of drug-likeness (QED) is 0.822. The van der Waals surface area contributed by atoms with E-state index in [9.17, 15) is 13.9 Å². The minimum absolute atomic E-state index is 0.0437. The second-order valence-electron chi connectivity index (χ2n) is 4.86. The van der Waals surface area contributed by atoms with Gasteiger partial charge in [0.2, 0.25) is 5.82 Å². The molecule has 1 unspecified atom stereocenters. The summed E-state index contributed by atoms with van der Waals surface area (Å²) < 4.78 is 31.6. The monoisotopic (exact) mass is 259 g/mol. The largest absolute Gasteiger partial charge is 0.488 e. The number of halogens is 2. The number of hydrogen-bond donors (Lipinski definition) is 2. The van der Waals surface area contributed by atoms with Crippen LogP contribution in [0.4, 0.5) is 8.78 Å². The van der Waals surface area contributed by atoms with E-state index in [0.29, 0.717) is 0 Å². The van der Waals surface area contributed by atoms with Gasteiger partial charge in [0.05, 0.1) is 12.1 Å². The predicted molar refractivity (Wildman–Crippen MR) is 65.6 cm³/mol. The van der Waals surface area contributed by atoms with Crippen molar-refractivity contribution in [1.29, 1.82) is 0 Å². The van der Waals surface area contributed by atoms with E-state index in [-0.39, 0.29) is 25.0 Å². The minimum Gasteiger partial charge on any atom is -0.488 e. The molecule has 2 N–H and O–H groups in total. The van der Waals surface area contributed by atoms with Crippen LogP contribution in [0.25, 0.3) is 0 Å². The van der Waals surface area contributed by atoms with Crippen LogP contribution < -0.4 is 10.1 Å². The molecule has 0 radical (unpaired) electrons. The Morgan fingerprint density at radius 3 is 2.61 bits per heavy atom. The molecular weight excluding hydrogens is 240 g/mol. The van der Waals surface area contributed by atoms with Crippen LogP contribution >= 0.6 is 0 Å². The summed E-state index contributed by atoms with van der Waals surface area (Å²) in [7, 11) is 0. The predicted octanol–water partition coefficient (Wildman–Crippen LogP) is 2.09. The van der Waals surface area contributed by atoms with Crippen LogP contribution in [0.1, 0.15) is 20.8 Å². The molecule has 0 spiro atoms. The maximum atomic E-state index is 13.4. The fourth-order valence-corrected chi connectivity index (χ4v) is 1.66. The molecule has 18 heavy (non-hydrogen) atoms. The Bertz CT molecular complexity index is 399. The molecule has 1 atom stereocenters. The number of ether oxygens (including phenoxy) is 1. The molecule has 0 aliphatic carbocycles. The Morgan fingerprint density at radius 2 is 2.06 bits per heavy atom. The third-order valence-electron chi connectivity index (χ3n) is 2.45. The molecule has 1 aromatic carbocycles. The first kappa shape index (κ1) is 14.9. The van der Waals surface area contributed by atoms with E-state index < -0.39 is 17.2 Å². The van der Waals surface area contributed by atoms with Crippen molar-refractivity contribution in [3.63, 3.8) is 0 Å². The average molecular weight is 259 g/mol. The summed E-state index contributed by atoms with van der Waals surface area (Å²) in [6.07, 6.45) is 0. The van der Waals surface area contributed by atoms with Crippen LogP contribution in [-0.2, 0) is 0 Å². The Hall–Kier alpha value is -1.20. The molecule has 102 valence electrons. The van der Waals surface area contributed by atoms with Gasteiger partial charge in [0.25, 0.3) is 0 Å². The lowest BCUT2D eigenvalue weighted by atomic mass is 10.0. The maximum Gasteiger partial charge on any atom is 0.200 e. The van der Waals surface area contributed by atoms with Gasteiger partial charge < -0.3 is 15.2 Å². The van der Waals surface area contributed by atoms with Crippen LogP contribution in [0, 0.1) is 11.6 Å². The molecule has 0 aliphatic rings. The van der Waals surface area contributed by atoms with Crippen LogP contribution in [0.3, 0.4) is 0 Å². The van der Waals surface area contributed by atoms with Crippen LogP contribution in [0.5, 0.6) is 5.75 Å². The van der Waals surface area contributed by atoms with Crippen molar-refractivity contribution in [3.8, 4) is 5.75 Å². The van der Waals surface area contributed by atoms with Gasteiger partial charge in [-0.3, -0.25) is 0 Å². The SMILES string of the molecule is CC(C)NC(C)(CO)COc1cccc(F)c1F. The maximum absolute atomic E-state index is 13.4. The van der Waals surface area contributed by atoms with Crippen molar-refractivity contribution in [2.24, 2.45) is 0 Å². The van der Waals surface area contributed by atoms with Gasteiger partial charge in [-0.15, -0.1) is 0 Å². The number of hydrogen-bond acceptors (Lipinski definition) is 3. The Labute approximate surface area is 106 Å². The second kappa shape index (κ2) is 6.11. The molecule has 3 nitrogen and oxygen atoms in total. The Balaban J connectivity index is 2.71. The lowest BCUT2D eigenvalue weighted by Gasteiger charge is -2.30. The van der Waals surface area contributed by atoms with E-state index >= 15 is 0 Å². The third-order valence-corrected chi connectivity index (χ3v) is 2.45. The van der Waals surface area contributed by atoms with Gasteiger partial charge in [-0.1, -0.05) is 19.9 Å². The van der Waals surface area contributed by atoms with Crippen molar-refractivity contribution in [3.05, 3.63) is 29.8 Å². The number of rotatable bonds is 6.